The molecule has 0 radical (unpaired) electrons. The predicted octanol–water partition coefficient (Wildman–Crippen LogP) is 5.18. The van der Waals surface area contributed by atoms with Gasteiger partial charge in [-0.05, 0) is 71.6 Å². The van der Waals surface area contributed by atoms with Crippen LogP contribution in [-0.2, 0) is 17.9 Å². The molecule has 4 rings (SSSR count). The first-order chi connectivity index (χ1) is 18.3. The number of carboxylic acid groups (broad SMARTS) is 2. The maximum Gasteiger partial charge on any atom is 0.336 e. The summed E-state index contributed by atoms with van der Waals surface area (Å²) >= 11 is 0. The van der Waals surface area contributed by atoms with Gasteiger partial charge in [-0.15, -0.1) is 0 Å². The molecule has 1 amide bonds. The van der Waals surface area contributed by atoms with E-state index in [9.17, 15) is 29.7 Å². The van der Waals surface area contributed by atoms with E-state index in [1.54, 1.807) is 30.3 Å². The molecule has 0 aromatic heterocycles. The molecule has 0 saturated heterocycles. The first kappa shape index (κ1) is 25.9. The van der Waals surface area contributed by atoms with Crippen molar-refractivity contribution in [2.45, 2.75) is 13.0 Å². The van der Waals surface area contributed by atoms with Gasteiger partial charge in [0.2, 0.25) is 0 Å². The number of anilines is 2. The van der Waals surface area contributed by atoms with Crippen molar-refractivity contribution in [2.24, 2.45) is 0 Å². The maximum atomic E-state index is 12.6. The summed E-state index contributed by atoms with van der Waals surface area (Å²) in [6.07, 6.45) is 0.636. The number of carboxylic acids is 2. The van der Waals surface area contributed by atoms with Crippen LogP contribution in [0.4, 0.5) is 11.4 Å². The Morgan fingerprint density at radius 1 is 0.684 bits per heavy atom. The van der Waals surface area contributed by atoms with Gasteiger partial charge in [0.05, 0.1) is 22.4 Å². The number of hydrogen-bond acceptors (Lipinski definition) is 6. The van der Waals surface area contributed by atoms with Crippen molar-refractivity contribution in [1.82, 2.24) is 0 Å². The van der Waals surface area contributed by atoms with Gasteiger partial charge in [-0.3, -0.25) is 15.1 Å². The van der Waals surface area contributed by atoms with E-state index in [0.717, 1.165) is 17.2 Å². The molecule has 38 heavy (non-hydrogen) atoms. The molecule has 192 valence electrons. The largest absolute Gasteiger partial charge is 0.508 e. The minimum atomic E-state index is -1.26. The molecule has 0 fully saturated rings. The van der Waals surface area contributed by atoms with Gasteiger partial charge >= 0.3 is 11.9 Å². The second kappa shape index (κ2) is 11.7. The van der Waals surface area contributed by atoms with E-state index in [4.69, 9.17) is 4.84 Å². The van der Waals surface area contributed by atoms with E-state index in [0.29, 0.717) is 23.4 Å². The highest BCUT2D eigenvalue weighted by Crippen LogP contribution is 2.20. The van der Waals surface area contributed by atoms with Crippen LogP contribution in [0, 0.1) is 0 Å². The molecular weight excluding hydrogens is 488 g/mol. The Bertz CT molecular complexity index is 1470. The smallest absolute Gasteiger partial charge is 0.336 e. The summed E-state index contributed by atoms with van der Waals surface area (Å²) in [5, 5.41) is 30.8. The fraction of sp³-hybridized carbons (Fsp3) is 0.0690. The van der Waals surface area contributed by atoms with Crippen molar-refractivity contribution >= 4 is 29.2 Å². The average molecular weight is 513 g/mol. The monoisotopic (exact) mass is 512 g/mol. The number of nitrogens with one attached hydrogen (secondary N) is 2. The molecule has 0 bridgehead atoms. The van der Waals surface area contributed by atoms with Gasteiger partial charge in [-0.1, -0.05) is 42.5 Å². The highest BCUT2D eigenvalue weighted by molar-refractivity contribution is 6.11. The minimum Gasteiger partial charge on any atom is -0.508 e. The zero-order valence-electron chi connectivity index (χ0n) is 20.0. The van der Waals surface area contributed by atoms with Crippen molar-refractivity contribution in [3.63, 3.8) is 0 Å². The predicted molar refractivity (Wildman–Crippen MR) is 141 cm³/mol. The molecule has 0 saturated carbocycles. The van der Waals surface area contributed by atoms with Gasteiger partial charge < -0.3 is 20.6 Å². The quantitative estimate of drug-likeness (QED) is 0.183. The van der Waals surface area contributed by atoms with E-state index in [-0.39, 0.29) is 29.0 Å². The Morgan fingerprint density at radius 3 is 1.92 bits per heavy atom. The van der Waals surface area contributed by atoms with Crippen molar-refractivity contribution in [3.8, 4) is 5.75 Å². The first-order valence-corrected chi connectivity index (χ1v) is 11.5. The lowest BCUT2D eigenvalue weighted by molar-refractivity contribution is 0.0682. The molecular formula is C29H24N2O7. The number of phenols is 1. The highest BCUT2D eigenvalue weighted by Gasteiger charge is 2.17. The van der Waals surface area contributed by atoms with E-state index in [1.807, 2.05) is 36.4 Å². The summed E-state index contributed by atoms with van der Waals surface area (Å²) < 4.78 is 0. The second-order valence-corrected chi connectivity index (χ2v) is 8.41. The van der Waals surface area contributed by atoms with Gasteiger partial charge in [0.1, 0.15) is 12.4 Å². The standard InChI is InChI=1S/C29H24N2O7/c32-23-13-14-25(29(36)37)26(16-23)27(33)30-21-9-5-18(6-10-21)15-19-7-11-22(12-8-19)31-38-17-20-3-1-2-4-24(20)28(34)35/h1-14,16,31-32H,15,17H2,(H,30,33)(H,34,35)(H,36,37). The molecule has 0 aliphatic carbocycles. The van der Waals surface area contributed by atoms with Crippen LogP contribution in [0.5, 0.6) is 5.75 Å². The van der Waals surface area contributed by atoms with Crippen LogP contribution in [0.25, 0.3) is 0 Å². The lowest BCUT2D eigenvalue weighted by Crippen LogP contribution is -2.16. The summed E-state index contributed by atoms with van der Waals surface area (Å²) in [6.45, 7) is 0.0934. The first-order valence-electron chi connectivity index (χ1n) is 11.5. The number of benzene rings is 4. The zero-order valence-corrected chi connectivity index (χ0v) is 20.0. The van der Waals surface area contributed by atoms with Crippen LogP contribution >= 0.6 is 0 Å². The molecule has 0 spiro atoms. The maximum absolute atomic E-state index is 12.6. The lowest BCUT2D eigenvalue weighted by Gasteiger charge is -2.10. The molecule has 0 unspecified atom stereocenters. The summed E-state index contributed by atoms with van der Waals surface area (Å²) in [5.74, 6) is -3.11. The Labute approximate surface area is 217 Å². The van der Waals surface area contributed by atoms with Gasteiger partial charge in [0.25, 0.3) is 5.91 Å². The summed E-state index contributed by atoms with van der Waals surface area (Å²) in [7, 11) is 0. The topological polar surface area (TPSA) is 145 Å². The number of rotatable bonds is 10. The van der Waals surface area contributed by atoms with Crippen LogP contribution < -0.4 is 10.8 Å². The molecule has 9 nitrogen and oxygen atoms in total. The van der Waals surface area contributed by atoms with Gasteiger partial charge in [-0.2, -0.15) is 0 Å². The summed E-state index contributed by atoms with van der Waals surface area (Å²) in [5.41, 5.74) is 6.47. The third-order valence-electron chi connectivity index (χ3n) is 5.72. The Morgan fingerprint density at radius 2 is 1.29 bits per heavy atom. The Balaban J connectivity index is 1.31. The molecule has 0 atom stereocenters. The van der Waals surface area contributed by atoms with Crippen LogP contribution in [0.3, 0.4) is 0 Å². The Hall–Kier alpha value is -5.15. The van der Waals surface area contributed by atoms with E-state index >= 15 is 0 Å². The van der Waals surface area contributed by atoms with Crippen LogP contribution in [-0.4, -0.2) is 33.2 Å². The van der Waals surface area contributed by atoms with E-state index in [1.165, 1.54) is 18.2 Å². The number of amides is 1. The normalized spacial score (nSPS) is 10.5. The fourth-order valence-corrected chi connectivity index (χ4v) is 3.79. The SMILES string of the molecule is O=C(O)c1ccccc1CONc1ccc(Cc2ccc(NC(=O)c3cc(O)ccc3C(=O)O)cc2)cc1. The van der Waals surface area contributed by atoms with Gasteiger partial charge in [-0.25, -0.2) is 9.59 Å². The Kier molecular flexibility index (Phi) is 8.00. The molecule has 0 aliphatic heterocycles. The number of carbonyl (C=O) groups is 3. The molecule has 0 aliphatic rings. The van der Waals surface area contributed by atoms with E-state index < -0.39 is 17.8 Å². The highest BCUT2D eigenvalue weighted by atomic mass is 16.6. The molecule has 0 heterocycles. The second-order valence-electron chi connectivity index (χ2n) is 8.41. The van der Waals surface area contributed by atoms with Crippen molar-refractivity contribution in [2.75, 3.05) is 10.8 Å². The molecule has 9 heteroatoms. The fourth-order valence-electron chi connectivity index (χ4n) is 3.79. The summed E-state index contributed by atoms with van der Waals surface area (Å²) in [6, 6.07) is 24.9. The molecule has 4 aromatic carbocycles. The summed E-state index contributed by atoms with van der Waals surface area (Å²) in [4.78, 5) is 40.7. The lowest BCUT2D eigenvalue weighted by atomic mass is 10.0. The van der Waals surface area contributed by atoms with Crippen LogP contribution in [0.15, 0.2) is 91.0 Å². The van der Waals surface area contributed by atoms with Gasteiger partial charge in [0.15, 0.2) is 0 Å². The van der Waals surface area contributed by atoms with E-state index in [2.05, 4.69) is 10.8 Å². The van der Waals surface area contributed by atoms with Crippen molar-refractivity contribution < 1.29 is 34.5 Å². The number of phenolic OH excluding ortho intramolecular Hbond substituents is 1. The molecule has 5 N–H and O–H groups in total. The number of aromatic carboxylic acids is 2. The third kappa shape index (κ3) is 6.54. The van der Waals surface area contributed by atoms with Crippen LogP contribution in [0.2, 0.25) is 0 Å². The average Bonchev–Trinajstić information content (AvgIpc) is 2.90. The number of aromatic hydroxyl groups is 1. The zero-order chi connectivity index (χ0) is 27.1. The molecule has 4 aromatic rings. The number of hydrogen-bond donors (Lipinski definition) is 5. The third-order valence-corrected chi connectivity index (χ3v) is 5.72. The van der Waals surface area contributed by atoms with Gasteiger partial charge in [0, 0.05) is 5.69 Å². The van der Waals surface area contributed by atoms with Crippen molar-refractivity contribution in [1.29, 1.82) is 0 Å². The number of carbonyl (C=O) groups excluding carboxylic acids is 1. The van der Waals surface area contributed by atoms with Crippen molar-refractivity contribution in [3.05, 3.63) is 124 Å². The van der Waals surface area contributed by atoms with Crippen LogP contribution in [0.1, 0.15) is 47.8 Å². The minimum absolute atomic E-state index is 0.0934.